The lowest BCUT2D eigenvalue weighted by molar-refractivity contribution is 0.415. The van der Waals surface area contributed by atoms with Crippen molar-refractivity contribution >= 4 is 21.8 Å². The summed E-state index contributed by atoms with van der Waals surface area (Å²) in [6.45, 7) is 6.88. The van der Waals surface area contributed by atoms with Crippen LogP contribution in [0.5, 0.6) is 5.75 Å². The topological polar surface area (TPSA) is 14.2 Å². The Morgan fingerprint density at radius 2 is 1.11 bits per heavy atom. The van der Waals surface area contributed by atoms with Crippen molar-refractivity contribution in [1.29, 1.82) is 0 Å². The van der Waals surface area contributed by atoms with Crippen LogP contribution in [0, 0.1) is 0 Å². The molecule has 6 rings (SSSR count). The molecule has 2 nitrogen and oxygen atoms in total. The number of methoxy groups -OCH3 is 1. The summed E-state index contributed by atoms with van der Waals surface area (Å²) >= 11 is 0. The number of benzene rings is 5. The highest BCUT2D eigenvalue weighted by molar-refractivity contribution is 6.11. The van der Waals surface area contributed by atoms with Gasteiger partial charge in [-0.3, -0.25) is 0 Å². The van der Waals surface area contributed by atoms with Gasteiger partial charge in [-0.25, -0.2) is 0 Å². The first-order valence-corrected chi connectivity index (χ1v) is 13.4. The molecule has 0 unspecified atom stereocenters. The zero-order chi connectivity index (χ0) is 26.3. The molecule has 188 valence electrons. The van der Waals surface area contributed by atoms with Crippen LogP contribution in [-0.2, 0) is 5.41 Å². The van der Waals surface area contributed by atoms with Crippen molar-refractivity contribution in [3.63, 3.8) is 0 Å². The summed E-state index contributed by atoms with van der Waals surface area (Å²) in [7, 11) is 1.70. The van der Waals surface area contributed by atoms with Crippen LogP contribution in [0.1, 0.15) is 32.8 Å². The van der Waals surface area contributed by atoms with Crippen LogP contribution in [0.15, 0.2) is 115 Å². The zero-order valence-corrected chi connectivity index (χ0v) is 22.5. The van der Waals surface area contributed by atoms with Gasteiger partial charge in [0.05, 0.1) is 18.1 Å². The molecule has 1 aromatic heterocycles. The maximum Gasteiger partial charge on any atom is 0.118 e. The Bertz CT molecular complexity index is 1720. The Morgan fingerprint density at radius 1 is 0.605 bits per heavy atom. The molecule has 5 aromatic carbocycles. The van der Waals surface area contributed by atoms with E-state index in [4.69, 9.17) is 4.74 Å². The van der Waals surface area contributed by atoms with Gasteiger partial charge in [-0.15, -0.1) is 0 Å². The molecule has 0 aliphatic rings. The van der Waals surface area contributed by atoms with Crippen molar-refractivity contribution in [3.05, 3.63) is 121 Å². The van der Waals surface area contributed by atoms with E-state index in [1.54, 1.807) is 7.11 Å². The summed E-state index contributed by atoms with van der Waals surface area (Å²) in [5, 5.41) is 2.51. The molecule has 0 amide bonds. The van der Waals surface area contributed by atoms with Crippen LogP contribution >= 0.6 is 0 Å². The number of para-hydroxylation sites is 1. The van der Waals surface area contributed by atoms with E-state index < -0.39 is 0 Å². The van der Waals surface area contributed by atoms with Gasteiger partial charge >= 0.3 is 0 Å². The highest BCUT2D eigenvalue weighted by Gasteiger charge is 2.18. The molecular formula is C36H33NO. The van der Waals surface area contributed by atoms with Crippen LogP contribution in [0.4, 0.5) is 0 Å². The highest BCUT2D eigenvalue weighted by atomic mass is 16.5. The van der Waals surface area contributed by atoms with E-state index in [0.717, 1.165) is 12.2 Å². The van der Waals surface area contributed by atoms with Gasteiger partial charge in [0.1, 0.15) is 5.75 Å². The van der Waals surface area contributed by atoms with E-state index in [-0.39, 0.29) is 5.41 Å². The van der Waals surface area contributed by atoms with E-state index >= 15 is 0 Å². The molecular weight excluding hydrogens is 462 g/mol. The second-order valence-electron chi connectivity index (χ2n) is 10.7. The Balaban J connectivity index is 1.54. The van der Waals surface area contributed by atoms with E-state index in [9.17, 15) is 0 Å². The number of aromatic nitrogens is 1. The van der Waals surface area contributed by atoms with Crippen molar-refractivity contribution in [3.8, 4) is 33.7 Å². The molecule has 0 bridgehead atoms. The van der Waals surface area contributed by atoms with Gasteiger partial charge in [-0.1, -0.05) is 87.5 Å². The average molecular weight is 496 g/mol. The van der Waals surface area contributed by atoms with Crippen LogP contribution in [0.2, 0.25) is 0 Å². The molecule has 0 N–H and O–H groups in total. The monoisotopic (exact) mass is 495 g/mol. The second-order valence-corrected chi connectivity index (χ2v) is 10.7. The number of fused-ring (bicyclic) bond motifs is 3. The number of nitrogens with zero attached hydrogens (tertiary/aromatic N) is 1. The number of hydrogen-bond acceptors (Lipinski definition) is 1. The minimum absolute atomic E-state index is 0.184. The normalized spacial score (nSPS) is 11.8. The molecule has 0 aliphatic carbocycles. The fourth-order valence-corrected chi connectivity index (χ4v) is 5.34. The summed E-state index contributed by atoms with van der Waals surface area (Å²) in [4.78, 5) is 0. The summed E-state index contributed by atoms with van der Waals surface area (Å²) in [6, 6.07) is 41.7. The minimum atomic E-state index is 0.184. The molecule has 6 aromatic rings. The standard InChI is InChI=1S/C36H33NO/c1-5-36(2,3)29-17-11-25(12-18-29)27-15-21-34-32(23-27)33-24-28(26-13-19-31(38-4)20-14-26)16-22-35(33)37(34)30-9-7-6-8-10-30/h6-24H,5H2,1-4H3. The third-order valence-corrected chi connectivity index (χ3v) is 8.09. The van der Waals surface area contributed by atoms with Crippen LogP contribution in [0.25, 0.3) is 49.7 Å². The van der Waals surface area contributed by atoms with Crippen LogP contribution in [0.3, 0.4) is 0 Å². The van der Waals surface area contributed by atoms with Gasteiger partial charge < -0.3 is 9.30 Å². The molecule has 38 heavy (non-hydrogen) atoms. The fraction of sp³-hybridized carbons (Fsp3) is 0.167. The van der Waals surface area contributed by atoms with E-state index in [1.165, 1.54) is 55.3 Å². The lowest BCUT2D eigenvalue weighted by atomic mass is 9.82. The fourth-order valence-electron chi connectivity index (χ4n) is 5.34. The lowest BCUT2D eigenvalue weighted by Crippen LogP contribution is -2.14. The van der Waals surface area contributed by atoms with Gasteiger partial charge in [-0.2, -0.15) is 0 Å². The molecule has 0 atom stereocenters. The predicted octanol–water partition coefficient (Wildman–Crippen LogP) is 9.81. The third kappa shape index (κ3) is 4.16. The number of hydrogen-bond donors (Lipinski definition) is 0. The smallest absolute Gasteiger partial charge is 0.118 e. The molecule has 2 heteroatoms. The van der Waals surface area contributed by atoms with Gasteiger partial charge in [0.2, 0.25) is 0 Å². The maximum atomic E-state index is 5.37. The third-order valence-electron chi connectivity index (χ3n) is 8.09. The molecule has 0 saturated heterocycles. The molecule has 0 saturated carbocycles. The van der Waals surface area contributed by atoms with E-state index in [1.807, 2.05) is 12.1 Å². The molecule has 0 radical (unpaired) electrons. The largest absolute Gasteiger partial charge is 0.497 e. The molecule has 0 fully saturated rings. The Kier molecular flexibility index (Phi) is 6.04. The van der Waals surface area contributed by atoms with E-state index in [0.29, 0.717) is 0 Å². The quantitative estimate of drug-likeness (QED) is 0.224. The molecule has 0 aliphatic heterocycles. The van der Waals surface area contributed by atoms with Gasteiger partial charge in [0.25, 0.3) is 0 Å². The number of rotatable bonds is 6. The molecule has 0 spiro atoms. The van der Waals surface area contributed by atoms with Crippen LogP contribution in [-0.4, -0.2) is 11.7 Å². The van der Waals surface area contributed by atoms with Crippen molar-refractivity contribution in [2.75, 3.05) is 7.11 Å². The Labute approximate surface area is 225 Å². The van der Waals surface area contributed by atoms with Gasteiger partial charge in [0.15, 0.2) is 0 Å². The Morgan fingerprint density at radius 3 is 1.61 bits per heavy atom. The van der Waals surface area contributed by atoms with Crippen molar-refractivity contribution < 1.29 is 4.74 Å². The summed E-state index contributed by atoms with van der Waals surface area (Å²) in [6.07, 6.45) is 1.12. The van der Waals surface area contributed by atoms with Gasteiger partial charge in [-0.05, 0) is 88.2 Å². The van der Waals surface area contributed by atoms with Crippen molar-refractivity contribution in [2.24, 2.45) is 0 Å². The first-order chi connectivity index (χ1) is 18.5. The zero-order valence-electron chi connectivity index (χ0n) is 22.5. The first-order valence-electron chi connectivity index (χ1n) is 13.4. The SMILES string of the molecule is CCC(C)(C)c1ccc(-c2ccc3c(c2)c2cc(-c4ccc(OC)cc4)ccc2n3-c2ccccc2)cc1. The predicted molar refractivity (Wildman–Crippen MR) is 162 cm³/mol. The average Bonchev–Trinajstić information content (AvgIpc) is 3.30. The van der Waals surface area contributed by atoms with E-state index in [2.05, 4.69) is 128 Å². The minimum Gasteiger partial charge on any atom is -0.497 e. The summed E-state index contributed by atoms with van der Waals surface area (Å²) in [5.41, 5.74) is 10.0. The maximum absolute atomic E-state index is 5.37. The Hall–Kier alpha value is -4.30. The molecule has 1 heterocycles. The highest BCUT2D eigenvalue weighted by Crippen LogP contribution is 2.38. The second kappa shape index (κ2) is 9.54. The van der Waals surface area contributed by atoms with Gasteiger partial charge in [0, 0.05) is 16.5 Å². The van der Waals surface area contributed by atoms with Crippen LogP contribution < -0.4 is 4.74 Å². The summed E-state index contributed by atoms with van der Waals surface area (Å²) in [5.74, 6) is 0.869. The van der Waals surface area contributed by atoms with Crippen molar-refractivity contribution in [2.45, 2.75) is 32.6 Å². The number of ether oxygens (including phenoxy) is 1. The summed E-state index contributed by atoms with van der Waals surface area (Å²) < 4.78 is 7.74. The van der Waals surface area contributed by atoms with Crippen molar-refractivity contribution in [1.82, 2.24) is 4.57 Å². The lowest BCUT2D eigenvalue weighted by Gasteiger charge is -2.23. The first kappa shape index (κ1) is 24.1.